The third-order valence-electron chi connectivity index (χ3n) is 4.18. The van der Waals surface area contributed by atoms with Gasteiger partial charge in [0.05, 0.1) is 25.8 Å². The number of carbonyl (C=O) groups is 2. The molecule has 1 heterocycles. The van der Waals surface area contributed by atoms with E-state index in [1.54, 1.807) is 37.1 Å². The molecule has 7 nitrogen and oxygen atoms in total. The molecular formula is C17H26ClN3O4. The van der Waals surface area contributed by atoms with Gasteiger partial charge in [0, 0.05) is 25.2 Å². The van der Waals surface area contributed by atoms with Gasteiger partial charge < -0.3 is 25.4 Å². The number of nitrogens with two attached hydrogens (primary N) is 1. The summed E-state index contributed by atoms with van der Waals surface area (Å²) in [6, 6.07) is 4.69. The van der Waals surface area contributed by atoms with Crippen LogP contribution in [0.4, 0.5) is 0 Å². The van der Waals surface area contributed by atoms with E-state index in [2.05, 4.69) is 5.32 Å². The van der Waals surface area contributed by atoms with Crippen LogP contribution in [0.5, 0.6) is 11.5 Å². The Morgan fingerprint density at radius 3 is 2.40 bits per heavy atom. The first-order chi connectivity index (χ1) is 11.5. The maximum Gasteiger partial charge on any atom is 0.257 e. The summed E-state index contributed by atoms with van der Waals surface area (Å²) in [6.45, 7) is 2.82. The number of nitrogens with one attached hydrogen (secondary N) is 1. The first-order valence-electron chi connectivity index (χ1n) is 8.03. The summed E-state index contributed by atoms with van der Waals surface area (Å²) in [7, 11) is 3.10. The van der Waals surface area contributed by atoms with Crippen molar-refractivity contribution in [1.29, 1.82) is 0 Å². The first kappa shape index (κ1) is 21.1. The Kier molecular flexibility index (Phi) is 7.99. The van der Waals surface area contributed by atoms with Crippen LogP contribution in [0.2, 0.25) is 0 Å². The predicted molar refractivity (Wildman–Crippen MR) is 97.5 cm³/mol. The van der Waals surface area contributed by atoms with E-state index in [4.69, 9.17) is 15.2 Å². The molecule has 1 atom stereocenters. The van der Waals surface area contributed by atoms with Gasteiger partial charge in [-0.1, -0.05) is 0 Å². The molecule has 0 saturated carbocycles. The maximum absolute atomic E-state index is 12.7. The summed E-state index contributed by atoms with van der Waals surface area (Å²) >= 11 is 0. The second-order valence-corrected chi connectivity index (χ2v) is 5.93. The lowest BCUT2D eigenvalue weighted by Gasteiger charge is -2.33. The maximum atomic E-state index is 12.7. The molecule has 8 heteroatoms. The average molecular weight is 372 g/mol. The Morgan fingerprint density at radius 1 is 1.24 bits per heavy atom. The number of amides is 2. The highest BCUT2D eigenvalue weighted by Crippen LogP contribution is 2.26. The molecule has 1 aliphatic heterocycles. The third-order valence-corrected chi connectivity index (χ3v) is 4.18. The Balaban J connectivity index is 0.00000312. The standard InChI is InChI=1S/C17H25N3O4.ClH/c1-11(18)16(21)19-12-6-8-20(9-7-12)17(22)14-5-4-13(23-2)10-15(14)24-3;/h4-5,10-12H,6-9,18H2,1-3H3,(H,19,21);1H/t11-;/m1./s1. The molecule has 0 aromatic heterocycles. The van der Waals surface area contributed by atoms with Gasteiger partial charge >= 0.3 is 0 Å². The zero-order valence-corrected chi connectivity index (χ0v) is 15.6. The number of piperidine rings is 1. The molecule has 25 heavy (non-hydrogen) atoms. The summed E-state index contributed by atoms with van der Waals surface area (Å²) in [4.78, 5) is 26.1. The van der Waals surface area contributed by atoms with E-state index in [1.807, 2.05) is 0 Å². The van der Waals surface area contributed by atoms with Crippen molar-refractivity contribution in [3.8, 4) is 11.5 Å². The van der Waals surface area contributed by atoms with Gasteiger partial charge in [0.2, 0.25) is 5.91 Å². The quantitative estimate of drug-likeness (QED) is 0.811. The second kappa shape index (κ2) is 9.48. The van der Waals surface area contributed by atoms with E-state index in [9.17, 15) is 9.59 Å². The van der Waals surface area contributed by atoms with Crippen molar-refractivity contribution in [2.75, 3.05) is 27.3 Å². The van der Waals surface area contributed by atoms with Gasteiger partial charge in [-0.2, -0.15) is 0 Å². The molecule has 1 aromatic carbocycles. The molecule has 0 bridgehead atoms. The van der Waals surface area contributed by atoms with Gasteiger partial charge in [-0.05, 0) is 31.9 Å². The number of hydrogen-bond acceptors (Lipinski definition) is 5. The van der Waals surface area contributed by atoms with Crippen molar-refractivity contribution in [1.82, 2.24) is 10.2 Å². The number of nitrogens with zero attached hydrogens (tertiary/aromatic N) is 1. The monoisotopic (exact) mass is 371 g/mol. The molecule has 1 aromatic rings. The minimum Gasteiger partial charge on any atom is -0.497 e. The summed E-state index contributed by atoms with van der Waals surface area (Å²) in [5, 5.41) is 2.91. The van der Waals surface area contributed by atoms with E-state index in [1.165, 1.54) is 7.11 Å². The Labute approximate surface area is 154 Å². The SMILES string of the molecule is COc1ccc(C(=O)N2CCC(NC(=O)[C@@H](C)N)CC2)c(OC)c1.Cl. The number of ether oxygens (including phenoxy) is 2. The van der Waals surface area contributed by atoms with Crippen molar-refractivity contribution >= 4 is 24.2 Å². The lowest BCUT2D eigenvalue weighted by Crippen LogP contribution is -2.49. The van der Waals surface area contributed by atoms with Crippen LogP contribution in [0.3, 0.4) is 0 Å². The number of rotatable bonds is 5. The minimum absolute atomic E-state index is 0. The van der Waals surface area contributed by atoms with Crippen LogP contribution in [-0.2, 0) is 4.79 Å². The lowest BCUT2D eigenvalue weighted by molar-refractivity contribution is -0.122. The highest BCUT2D eigenvalue weighted by atomic mass is 35.5. The number of benzene rings is 1. The summed E-state index contributed by atoms with van der Waals surface area (Å²) < 4.78 is 10.5. The molecule has 1 fully saturated rings. The third kappa shape index (κ3) is 5.24. The fourth-order valence-corrected chi connectivity index (χ4v) is 2.71. The molecule has 2 rings (SSSR count). The topological polar surface area (TPSA) is 93.9 Å². The van der Waals surface area contributed by atoms with E-state index in [0.717, 1.165) is 0 Å². The van der Waals surface area contributed by atoms with E-state index in [0.29, 0.717) is 43.0 Å². The molecule has 140 valence electrons. The second-order valence-electron chi connectivity index (χ2n) is 5.93. The molecule has 3 N–H and O–H groups in total. The number of methoxy groups -OCH3 is 2. The van der Waals surface area contributed by atoms with E-state index >= 15 is 0 Å². The van der Waals surface area contributed by atoms with Crippen LogP contribution in [0.1, 0.15) is 30.1 Å². The van der Waals surface area contributed by atoms with Crippen molar-refractivity contribution in [2.45, 2.75) is 31.8 Å². The van der Waals surface area contributed by atoms with Crippen LogP contribution in [0.25, 0.3) is 0 Å². The fourth-order valence-electron chi connectivity index (χ4n) is 2.71. The molecule has 0 aliphatic carbocycles. The Morgan fingerprint density at radius 2 is 1.88 bits per heavy atom. The van der Waals surface area contributed by atoms with Crippen molar-refractivity contribution in [3.63, 3.8) is 0 Å². The van der Waals surface area contributed by atoms with Crippen molar-refractivity contribution in [2.24, 2.45) is 5.73 Å². The molecule has 2 amide bonds. The number of likely N-dealkylation sites (tertiary alicyclic amines) is 1. The predicted octanol–water partition coefficient (Wildman–Crippen LogP) is 1.19. The van der Waals surface area contributed by atoms with E-state index in [-0.39, 0.29) is 30.3 Å². The molecular weight excluding hydrogens is 346 g/mol. The highest BCUT2D eigenvalue weighted by molar-refractivity contribution is 5.97. The number of halogens is 1. The lowest BCUT2D eigenvalue weighted by atomic mass is 10.0. The number of carbonyl (C=O) groups excluding carboxylic acids is 2. The van der Waals surface area contributed by atoms with Crippen molar-refractivity contribution in [3.05, 3.63) is 23.8 Å². The van der Waals surface area contributed by atoms with Gasteiger partial charge in [0.1, 0.15) is 11.5 Å². The Hall–Kier alpha value is -1.99. The van der Waals surface area contributed by atoms with Crippen LogP contribution in [-0.4, -0.2) is 56.1 Å². The zero-order chi connectivity index (χ0) is 17.7. The van der Waals surface area contributed by atoms with Gasteiger partial charge in [-0.3, -0.25) is 9.59 Å². The molecule has 0 unspecified atom stereocenters. The minimum atomic E-state index is -0.520. The van der Waals surface area contributed by atoms with Gasteiger partial charge in [-0.15, -0.1) is 12.4 Å². The van der Waals surface area contributed by atoms with Gasteiger partial charge in [0.25, 0.3) is 5.91 Å². The molecule has 1 aliphatic rings. The van der Waals surface area contributed by atoms with Crippen LogP contribution >= 0.6 is 12.4 Å². The highest BCUT2D eigenvalue weighted by Gasteiger charge is 2.26. The Bertz CT molecular complexity index is 602. The van der Waals surface area contributed by atoms with Crippen LogP contribution in [0, 0.1) is 0 Å². The summed E-state index contributed by atoms with van der Waals surface area (Å²) in [6.07, 6.45) is 1.42. The summed E-state index contributed by atoms with van der Waals surface area (Å²) in [5.74, 6) is 0.899. The fraction of sp³-hybridized carbons (Fsp3) is 0.529. The van der Waals surface area contributed by atoms with E-state index < -0.39 is 6.04 Å². The van der Waals surface area contributed by atoms with Crippen molar-refractivity contribution < 1.29 is 19.1 Å². The normalized spacial score (nSPS) is 15.8. The molecule has 1 saturated heterocycles. The molecule has 0 radical (unpaired) electrons. The first-order valence-corrected chi connectivity index (χ1v) is 8.03. The average Bonchev–Trinajstić information content (AvgIpc) is 2.61. The zero-order valence-electron chi connectivity index (χ0n) is 14.8. The van der Waals surface area contributed by atoms with Crippen LogP contribution in [0.15, 0.2) is 18.2 Å². The van der Waals surface area contributed by atoms with Gasteiger partial charge in [0.15, 0.2) is 0 Å². The van der Waals surface area contributed by atoms with Gasteiger partial charge in [-0.25, -0.2) is 0 Å². The van der Waals surface area contributed by atoms with Crippen LogP contribution < -0.4 is 20.5 Å². The summed E-state index contributed by atoms with van der Waals surface area (Å²) in [5.41, 5.74) is 6.07. The largest absolute Gasteiger partial charge is 0.497 e. The number of hydrogen-bond donors (Lipinski definition) is 2. The molecule has 0 spiro atoms. The smallest absolute Gasteiger partial charge is 0.257 e.